The SMILES string of the molecule is CCC=CC=CCC.C[Si](C)(C)P(=NC1=CC=CC1)([Si](C)(C)C)[Si](C)(C)C.[Ti]. The van der Waals surface area contributed by atoms with Gasteiger partial charge in [0.15, 0.2) is 0 Å². The van der Waals surface area contributed by atoms with Crippen LogP contribution in [0.2, 0.25) is 58.9 Å². The first-order valence-electron chi connectivity index (χ1n) is 10.5. The van der Waals surface area contributed by atoms with Crippen LogP contribution in [-0.2, 0) is 21.7 Å². The van der Waals surface area contributed by atoms with Crippen molar-refractivity contribution in [2.75, 3.05) is 0 Å². The Morgan fingerprint density at radius 2 is 1.21 bits per heavy atom. The monoisotopic (exact) mass is 487 g/mol. The first kappa shape index (κ1) is 30.7. The van der Waals surface area contributed by atoms with Crippen molar-refractivity contribution < 1.29 is 21.7 Å². The molecule has 1 aliphatic rings. The van der Waals surface area contributed by atoms with Crippen LogP contribution in [0.15, 0.2) is 53.0 Å². The Morgan fingerprint density at radius 3 is 1.46 bits per heavy atom. The molecule has 0 aromatic rings. The molecule has 0 saturated carbocycles. The maximum atomic E-state index is 5.62. The third kappa shape index (κ3) is 8.74. The minimum absolute atomic E-state index is 0. The molecule has 6 heteroatoms. The summed E-state index contributed by atoms with van der Waals surface area (Å²) in [6.45, 7) is 27.6. The van der Waals surface area contributed by atoms with Gasteiger partial charge in [-0.15, -0.1) is 0 Å². The summed E-state index contributed by atoms with van der Waals surface area (Å²) in [4.78, 5) is 0. The largest absolute Gasteiger partial charge is 0.284 e. The van der Waals surface area contributed by atoms with Crippen LogP contribution in [0.1, 0.15) is 33.1 Å². The zero-order chi connectivity index (χ0) is 21.4. The van der Waals surface area contributed by atoms with Gasteiger partial charge in [0.1, 0.15) is 0 Å². The topological polar surface area (TPSA) is 12.4 Å². The molecule has 0 atom stereocenters. The molecule has 0 fully saturated rings. The molecule has 0 aromatic carbocycles. The van der Waals surface area contributed by atoms with Crippen LogP contribution >= 0.6 is 5.70 Å². The van der Waals surface area contributed by atoms with Gasteiger partial charge in [-0.2, -0.15) is 0 Å². The van der Waals surface area contributed by atoms with Gasteiger partial charge in [-0.3, -0.25) is 4.74 Å². The molecular formula is C22H46NPSi3Ti. The maximum Gasteiger partial charge on any atom is 0.0843 e. The Bertz CT molecular complexity index is 573. The fourth-order valence-electron chi connectivity index (χ4n) is 4.60. The van der Waals surface area contributed by atoms with Crippen LogP contribution in [0.5, 0.6) is 0 Å². The van der Waals surface area contributed by atoms with Gasteiger partial charge >= 0.3 is 0 Å². The van der Waals surface area contributed by atoms with Gasteiger partial charge in [-0.05, 0) is 18.9 Å². The van der Waals surface area contributed by atoms with Gasteiger partial charge in [-0.25, -0.2) is 0 Å². The smallest absolute Gasteiger partial charge is 0.0843 e. The average Bonchev–Trinajstić information content (AvgIpc) is 2.99. The molecule has 1 aliphatic carbocycles. The molecule has 0 N–H and O–H groups in total. The van der Waals surface area contributed by atoms with E-state index in [1.54, 1.807) is 0 Å². The fraction of sp³-hybridized carbons (Fsp3) is 0.636. The number of allylic oxidation sites excluding steroid dienone is 7. The summed E-state index contributed by atoms with van der Waals surface area (Å²) in [5.41, 5.74) is 0.212. The standard InChI is InChI=1S/C14H32NPSi3.C8H14.Ti/c1-17(2,3)16(18(4,5)6,19(7,8)9)15-14-12-10-11-13-14;1-3-5-7-8-6-4-2;/h10-12H,13H2,1-9H3;5-8H,3-4H2,1-2H3;. The van der Waals surface area contributed by atoms with Crippen LogP contribution < -0.4 is 0 Å². The van der Waals surface area contributed by atoms with Crippen molar-refractivity contribution in [3.05, 3.63) is 48.2 Å². The third-order valence-electron chi connectivity index (χ3n) is 4.80. The molecule has 28 heavy (non-hydrogen) atoms. The van der Waals surface area contributed by atoms with E-state index in [0.29, 0.717) is 0 Å². The molecular weight excluding hydrogens is 441 g/mol. The zero-order valence-corrected chi connectivity index (χ0v) is 26.0. The second-order valence-electron chi connectivity index (χ2n) is 10.2. The second kappa shape index (κ2) is 13.1. The Kier molecular flexibility index (Phi) is 14.4. The normalized spacial score (nSPS) is 15.3. The van der Waals surface area contributed by atoms with Crippen LogP contribution in [0.4, 0.5) is 0 Å². The molecule has 0 heterocycles. The van der Waals surface area contributed by atoms with Gasteiger partial charge < -0.3 is 0 Å². The van der Waals surface area contributed by atoms with Gasteiger partial charge in [0.2, 0.25) is 0 Å². The van der Waals surface area contributed by atoms with Crippen molar-refractivity contribution in [2.24, 2.45) is 4.74 Å². The number of hydrogen-bond acceptors (Lipinski definition) is 1. The average molecular weight is 488 g/mol. The Labute approximate surface area is 194 Å². The Balaban J connectivity index is 0. The van der Waals surface area contributed by atoms with E-state index in [2.05, 4.69) is 115 Å². The van der Waals surface area contributed by atoms with E-state index < -0.39 is 28.9 Å². The zero-order valence-electron chi connectivity index (χ0n) is 20.6. The first-order valence-corrected chi connectivity index (χ1v) is 25.3. The minimum atomic E-state index is -1.28. The number of hydrogen-bond donors (Lipinski definition) is 0. The van der Waals surface area contributed by atoms with E-state index in [1.165, 1.54) is 5.70 Å². The molecule has 0 unspecified atom stereocenters. The van der Waals surface area contributed by atoms with Crippen molar-refractivity contribution in [2.45, 2.75) is 92.0 Å². The van der Waals surface area contributed by atoms with Gasteiger partial charge in [0.25, 0.3) is 0 Å². The van der Waals surface area contributed by atoms with Crippen molar-refractivity contribution in [1.82, 2.24) is 0 Å². The van der Waals surface area contributed by atoms with Gasteiger partial charge in [-0.1, -0.05) is 115 Å². The van der Waals surface area contributed by atoms with E-state index in [9.17, 15) is 0 Å². The van der Waals surface area contributed by atoms with E-state index >= 15 is 0 Å². The molecule has 0 bridgehead atoms. The third-order valence-corrected chi connectivity index (χ3v) is 65.8. The maximum absolute atomic E-state index is 5.62. The van der Waals surface area contributed by atoms with Crippen molar-refractivity contribution in [1.29, 1.82) is 0 Å². The Hall–Kier alpha value is 0.555. The molecule has 0 spiro atoms. The van der Waals surface area contributed by atoms with E-state index in [0.717, 1.165) is 19.3 Å². The van der Waals surface area contributed by atoms with Crippen LogP contribution in [-0.4, -0.2) is 23.2 Å². The summed E-state index contributed by atoms with van der Waals surface area (Å²) in [7, 11) is -3.83. The van der Waals surface area contributed by atoms with E-state index in [4.69, 9.17) is 4.74 Å². The minimum Gasteiger partial charge on any atom is -0.284 e. The van der Waals surface area contributed by atoms with Crippen LogP contribution in [0.3, 0.4) is 0 Å². The molecule has 160 valence electrons. The summed E-state index contributed by atoms with van der Waals surface area (Å²) >= 11 is 0. The number of rotatable bonds is 7. The molecule has 1 nitrogen and oxygen atoms in total. The van der Waals surface area contributed by atoms with Gasteiger partial charge in [0, 0.05) is 33.8 Å². The second-order valence-corrected chi connectivity index (χ2v) is 46.6. The summed E-state index contributed by atoms with van der Waals surface area (Å²) in [5.74, 6) is 0. The van der Waals surface area contributed by atoms with Crippen molar-refractivity contribution in [3.8, 4) is 0 Å². The van der Waals surface area contributed by atoms with Gasteiger partial charge in [0.05, 0.1) is 23.2 Å². The van der Waals surface area contributed by atoms with E-state index in [-0.39, 0.29) is 21.7 Å². The first-order chi connectivity index (χ1) is 12.2. The Morgan fingerprint density at radius 1 is 0.821 bits per heavy atom. The van der Waals surface area contributed by atoms with Crippen molar-refractivity contribution >= 4 is 28.9 Å². The summed E-state index contributed by atoms with van der Waals surface area (Å²) in [6.07, 6.45) is 18.5. The quantitative estimate of drug-likeness (QED) is 0.193. The molecule has 0 aromatic heterocycles. The summed E-state index contributed by atoms with van der Waals surface area (Å²) in [5, 5.41) is 0. The van der Waals surface area contributed by atoms with Crippen LogP contribution in [0, 0.1) is 0 Å². The fourth-order valence-corrected chi connectivity index (χ4v) is 88.4. The summed E-state index contributed by atoms with van der Waals surface area (Å²) < 4.78 is 5.62. The van der Waals surface area contributed by atoms with E-state index in [1.807, 2.05) is 0 Å². The van der Waals surface area contributed by atoms with Crippen LogP contribution in [0.25, 0.3) is 0 Å². The van der Waals surface area contributed by atoms with Crippen molar-refractivity contribution in [3.63, 3.8) is 0 Å². The molecule has 0 aliphatic heterocycles. The number of nitrogens with zero attached hydrogens (tertiary/aromatic N) is 1. The summed E-state index contributed by atoms with van der Waals surface area (Å²) in [6, 6.07) is 0. The molecule has 0 amide bonds. The molecule has 1 rings (SSSR count). The molecule has 0 saturated heterocycles. The predicted octanol–water partition coefficient (Wildman–Crippen LogP) is 9.45. The molecule has 0 radical (unpaired) electrons. The predicted molar refractivity (Wildman–Crippen MR) is 140 cm³/mol.